The first kappa shape index (κ1) is 12.9. The van der Waals surface area contributed by atoms with Gasteiger partial charge >= 0.3 is 0 Å². The number of hydrogen-bond donors (Lipinski definition) is 1. The highest BCUT2D eigenvalue weighted by Gasteiger charge is 2.10. The first-order valence-electron chi connectivity index (χ1n) is 6.97. The van der Waals surface area contributed by atoms with E-state index in [0.717, 1.165) is 37.5 Å². The highest BCUT2D eigenvalue weighted by Crippen LogP contribution is 2.23. The van der Waals surface area contributed by atoms with Gasteiger partial charge in [0, 0.05) is 44.1 Å². The van der Waals surface area contributed by atoms with Crippen molar-refractivity contribution < 1.29 is 4.74 Å². The first-order chi connectivity index (χ1) is 9.81. The summed E-state index contributed by atoms with van der Waals surface area (Å²) in [7, 11) is 0. The van der Waals surface area contributed by atoms with Crippen LogP contribution in [0.4, 0.5) is 5.69 Å². The van der Waals surface area contributed by atoms with Crippen molar-refractivity contribution in [1.29, 1.82) is 0 Å². The van der Waals surface area contributed by atoms with Crippen LogP contribution in [0.3, 0.4) is 0 Å². The van der Waals surface area contributed by atoms with Gasteiger partial charge in [-0.3, -0.25) is 0 Å². The zero-order chi connectivity index (χ0) is 13.8. The Bertz CT molecular complexity index is 545. The zero-order valence-corrected chi connectivity index (χ0v) is 11.7. The summed E-state index contributed by atoms with van der Waals surface area (Å²) >= 11 is 0. The molecule has 0 amide bonds. The van der Waals surface area contributed by atoms with Gasteiger partial charge in [-0.2, -0.15) is 0 Å². The van der Waals surface area contributed by atoms with Gasteiger partial charge in [-0.15, -0.1) is 0 Å². The van der Waals surface area contributed by atoms with Gasteiger partial charge in [-0.05, 0) is 36.8 Å². The molecule has 20 heavy (non-hydrogen) atoms. The van der Waals surface area contributed by atoms with Crippen LogP contribution in [0.15, 0.2) is 42.6 Å². The molecule has 1 saturated heterocycles. The molecule has 1 aliphatic heterocycles. The molecule has 4 nitrogen and oxygen atoms in total. The van der Waals surface area contributed by atoms with Gasteiger partial charge in [0.15, 0.2) is 0 Å². The second-order valence-corrected chi connectivity index (χ2v) is 5.01. The summed E-state index contributed by atoms with van der Waals surface area (Å²) in [6.45, 7) is 6.22. The van der Waals surface area contributed by atoms with Crippen LogP contribution in [0.1, 0.15) is 5.56 Å². The summed E-state index contributed by atoms with van der Waals surface area (Å²) in [4.78, 5) is 6.62. The monoisotopic (exact) mass is 269 g/mol. The summed E-state index contributed by atoms with van der Waals surface area (Å²) in [6, 6.07) is 12.1. The van der Waals surface area contributed by atoms with Crippen LogP contribution in [-0.2, 0) is 0 Å². The van der Waals surface area contributed by atoms with Gasteiger partial charge in [0.1, 0.15) is 5.75 Å². The predicted octanol–water partition coefficient (Wildman–Crippen LogP) is 2.59. The van der Waals surface area contributed by atoms with Gasteiger partial charge in [0.2, 0.25) is 5.88 Å². The lowest BCUT2D eigenvalue weighted by Gasteiger charge is -2.29. The lowest BCUT2D eigenvalue weighted by molar-refractivity contribution is 0.462. The third kappa shape index (κ3) is 3.08. The molecule has 0 bridgehead atoms. The average Bonchev–Trinajstić information content (AvgIpc) is 2.51. The molecule has 1 aromatic carbocycles. The molecule has 0 saturated carbocycles. The van der Waals surface area contributed by atoms with E-state index in [1.54, 1.807) is 0 Å². The molecule has 2 aromatic rings. The number of nitrogens with one attached hydrogen (secondary N) is 1. The summed E-state index contributed by atoms with van der Waals surface area (Å²) < 4.78 is 5.73. The Kier molecular flexibility index (Phi) is 3.83. The summed E-state index contributed by atoms with van der Waals surface area (Å²) in [5.41, 5.74) is 2.38. The molecular weight excluding hydrogens is 250 g/mol. The molecule has 0 aliphatic carbocycles. The molecule has 3 rings (SSSR count). The molecule has 0 spiro atoms. The fourth-order valence-corrected chi connectivity index (χ4v) is 2.28. The third-order valence-electron chi connectivity index (χ3n) is 3.43. The standard InChI is InChI=1S/C16H19N3O/c1-13-2-7-16(18-12-13)20-15-5-3-14(4-6-15)19-10-8-17-9-11-19/h2-7,12,17H,8-11H2,1H3. The van der Waals surface area contributed by atoms with E-state index in [1.165, 1.54) is 5.69 Å². The average molecular weight is 269 g/mol. The first-order valence-corrected chi connectivity index (χ1v) is 6.97. The number of ether oxygens (including phenoxy) is 1. The number of aromatic nitrogens is 1. The third-order valence-corrected chi connectivity index (χ3v) is 3.43. The van der Waals surface area contributed by atoms with Crippen molar-refractivity contribution in [3.05, 3.63) is 48.2 Å². The van der Waals surface area contributed by atoms with Crippen LogP contribution in [0.2, 0.25) is 0 Å². The smallest absolute Gasteiger partial charge is 0.219 e. The van der Waals surface area contributed by atoms with Gasteiger partial charge < -0.3 is 15.0 Å². The van der Waals surface area contributed by atoms with E-state index < -0.39 is 0 Å². The SMILES string of the molecule is Cc1ccc(Oc2ccc(N3CCNCC3)cc2)nc1. The maximum absolute atomic E-state index is 5.73. The zero-order valence-electron chi connectivity index (χ0n) is 11.7. The number of hydrogen-bond acceptors (Lipinski definition) is 4. The van der Waals surface area contributed by atoms with Crippen molar-refractivity contribution in [2.24, 2.45) is 0 Å². The molecule has 0 atom stereocenters. The summed E-state index contributed by atoms with van der Waals surface area (Å²) in [6.07, 6.45) is 1.81. The van der Waals surface area contributed by atoms with E-state index in [9.17, 15) is 0 Å². The van der Waals surface area contributed by atoms with Crippen LogP contribution < -0.4 is 15.0 Å². The molecular formula is C16H19N3O. The van der Waals surface area contributed by atoms with Crippen LogP contribution >= 0.6 is 0 Å². The number of benzene rings is 1. The highest BCUT2D eigenvalue weighted by molar-refractivity contribution is 5.49. The lowest BCUT2D eigenvalue weighted by atomic mass is 10.2. The number of piperazine rings is 1. The molecule has 1 aromatic heterocycles. The number of rotatable bonds is 3. The molecule has 1 fully saturated rings. The molecule has 4 heteroatoms. The van der Waals surface area contributed by atoms with E-state index in [-0.39, 0.29) is 0 Å². The Hall–Kier alpha value is -2.07. The van der Waals surface area contributed by atoms with E-state index >= 15 is 0 Å². The summed E-state index contributed by atoms with van der Waals surface area (Å²) in [5, 5.41) is 3.36. The van der Waals surface area contributed by atoms with Crippen molar-refractivity contribution in [3.63, 3.8) is 0 Å². The second kappa shape index (κ2) is 5.92. The van der Waals surface area contributed by atoms with Crippen LogP contribution in [0.25, 0.3) is 0 Å². The molecule has 0 radical (unpaired) electrons. The van der Waals surface area contributed by atoms with Crippen LogP contribution in [0.5, 0.6) is 11.6 Å². The van der Waals surface area contributed by atoms with Crippen molar-refractivity contribution in [3.8, 4) is 11.6 Å². The Balaban J connectivity index is 1.67. The maximum Gasteiger partial charge on any atom is 0.219 e. The second-order valence-electron chi connectivity index (χ2n) is 5.01. The van der Waals surface area contributed by atoms with E-state index in [1.807, 2.05) is 37.4 Å². The van der Waals surface area contributed by atoms with E-state index in [0.29, 0.717) is 5.88 Å². The van der Waals surface area contributed by atoms with Crippen molar-refractivity contribution in [2.75, 3.05) is 31.1 Å². The van der Waals surface area contributed by atoms with E-state index in [4.69, 9.17) is 4.74 Å². The van der Waals surface area contributed by atoms with Gasteiger partial charge in [0.05, 0.1) is 0 Å². The highest BCUT2D eigenvalue weighted by atomic mass is 16.5. The molecule has 2 heterocycles. The van der Waals surface area contributed by atoms with Gasteiger partial charge in [0.25, 0.3) is 0 Å². The quantitative estimate of drug-likeness (QED) is 0.929. The lowest BCUT2D eigenvalue weighted by Crippen LogP contribution is -2.43. The Morgan fingerprint density at radius 3 is 2.45 bits per heavy atom. The van der Waals surface area contributed by atoms with Gasteiger partial charge in [-0.25, -0.2) is 4.98 Å². The largest absolute Gasteiger partial charge is 0.439 e. The number of anilines is 1. The minimum absolute atomic E-state index is 0.630. The fourth-order valence-electron chi connectivity index (χ4n) is 2.28. The maximum atomic E-state index is 5.73. The topological polar surface area (TPSA) is 37.4 Å². The minimum Gasteiger partial charge on any atom is -0.439 e. The Labute approximate surface area is 119 Å². The van der Waals surface area contributed by atoms with Gasteiger partial charge in [-0.1, -0.05) is 6.07 Å². The number of pyridine rings is 1. The molecule has 1 aliphatic rings. The normalized spacial score (nSPS) is 15.2. The minimum atomic E-state index is 0.630. The van der Waals surface area contributed by atoms with Crippen molar-refractivity contribution in [1.82, 2.24) is 10.3 Å². The fraction of sp³-hybridized carbons (Fsp3) is 0.312. The summed E-state index contributed by atoms with van der Waals surface area (Å²) in [5.74, 6) is 1.45. The van der Waals surface area contributed by atoms with Crippen molar-refractivity contribution in [2.45, 2.75) is 6.92 Å². The van der Waals surface area contributed by atoms with E-state index in [2.05, 4.69) is 27.3 Å². The molecule has 104 valence electrons. The number of aryl methyl sites for hydroxylation is 1. The van der Waals surface area contributed by atoms with Crippen LogP contribution in [0, 0.1) is 6.92 Å². The number of nitrogens with zero attached hydrogens (tertiary/aromatic N) is 2. The van der Waals surface area contributed by atoms with Crippen LogP contribution in [-0.4, -0.2) is 31.2 Å². The molecule has 0 unspecified atom stereocenters. The Morgan fingerprint density at radius 1 is 1.05 bits per heavy atom. The van der Waals surface area contributed by atoms with Crippen molar-refractivity contribution >= 4 is 5.69 Å². The predicted molar refractivity (Wildman–Crippen MR) is 80.6 cm³/mol. The molecule has 1 N–H and O–H groups in total. The Morgan fingerprint density at radius 2 is 1.80 bits per heavy atom.